The molecule has 3 heteroatoms. The Morgan fingerprint density at radius 2 is 1.88 bits per heavy atom. The Kier molecular flexibility index (Phi) is 5.07. The largest absolute Gasteiger partial charge is 0.384 e. The lowest BCUT2D eigenvalue weighted by Crippen LogP contribution is -2.39. The van der Waals surface area contributed by atoms with Crippen LogP contribution in [0.1, 0.15) is 25.7 Å². The summed E-state index contributed by atoms with van der Waals surface area (Å²) in [5.74, 6) is 1.81. The second-order valence-electron chi connectivity index (χ2n) is 5.39. The van der Waals surface area contributed by atoms with Crippen LogP contribution in [0, 0.1) is 11.8 Å². The van der Waals surface area contributed by atoms with Crippen LogP contribution in [0.2, 0.25) is 0 Å². The number of hydrogen-bond donors (Lipinski definition) is 1. The van der Waals surface area contributed by atoms with Crippen LogP contribution in [0.5, 0.6) is 0 Å². The maximum atomic E-state index is 5.22. The van der Waals surface area contributed by atoms with Crippen LogP contribution in [-0.4, -0.2) is 51.3 Å². The van der Waals surface area contributed by atoms with Gasteiger partial charge in [0.15, 0.2) is 0 Å². The summed E-state index contributed by atoms with van der Waals surface area (Å²) in [7, 11) is 1.81. The van der Waals surface area contributed by atoms with Gasteiger partial charge < -0.3 is 15.0 Å². The Balaban J connectivity index is 1.47. The van der Waals surface area contributed by atoms with Crippen LogP contribution in [-0.2, 0) is 4.74 Å². The van der Waals surface area contributed by atoms with Crippen LogP contribution in [0.4, 0.5) is 0 Å². The van der Waals surface area contributed by atoms with Gasteiger partial charge in [-0.2, -0.15) is 0 Å². The molecule has 1 N–H and O–H groups in total. The maximum absolute atomic E-state index is 5.22. The number of methoxy groups -OCH3 is 1. The number of hydrogen-bond acceptors (Lipinski definition) is 3. The zero-order chi connectivity index (χ0) is 11.2. The van der Waals surface area contributed by atoms with Gasteiger partial charge in [0.25, 0.3) is 0 Å². The standard InChI is InChI=1S/C13H26N2O/c1-16-11-13-4-7-15(8-5-13)9-6-14-10-12-2-3-12/h12-14H,2-11H2,1H3. The molecule has 0 aromatic carbocycles. The number of nitrogens with one attached hydrogen (secondary N) is 1. The van der Waals surface area contributed by atoms with E-state index in [0.29, 0.717) is 0 Å². The highest BCUT2D eigenvalue weighted by Gasteiger charge is 2.21. The predicted octanol–water partition coefficient (Wildman–Crippen LogP) is 1.34. The molecule has 1 saturated heterocycles. The Morgan fingerprint density at radius 3 is 2.50 bits per heavy atom. The zero-order valence-electron chi connectivity index (χ0n) is 10.6. The number of ether oxygens (including phenoxy) is 1. The van der Waals surface area contributed by atoms with Gasteiger partial charge in [0.1, 0.15) is 0 Å². The highest BCUT2D eigenvalue weighted by atomic mass is 16.5. The Hall–Kier alpha value is -0.120. The van der Waals surface area contributed by atoms with Crippen molar-refractivity contribution < 1.29 is 4.74 Å². The van der Waals surface area contributed by atoms with Crippen LogP contribution < -0.4 is 5.32 Å². The predicted molar refractivity (Wildman–Crippen MR) is 66.6 cm³/mol. The van der Waals surface area contributed by atoms with Crippen molar-refractivity contribution in [2.24, 2.45) is 11.8 Å². The Labute approximate surface area is 99.5 Å². The van der Waals surface area contributed by atoms with Crippen molar-refractivity contribution in [2.45, 2.75) is 25.7 Å². The summed E-state index contributed by atoms with van der Waals surface area (Å²) in [6.45, 7) is 7.13. The molecule has 2 rings (SSSR count). The molecule has 0 aromatic heterocycles. The minimum Gasteiger partial charge on any atom is -0.384 e. The molecule has 0 unspecified atom stereocenters. The van der Waals surface area contributed by atoms with Gasteiger partial charge in [0, 0.05) is 26.8 Å². The van der Waals surface area contributed by atoms with Crippen molar-refractivity contribution in [3.8, 4) is 0 Å². The van der Waals surface area contributed by atoms with Crippen molar-refractivity contribution in [1.82, 2.24) is 10.2 Å². The lowest BCUT2D eigenvalue weighted by atomic mass is 9.98. The van der Waals surface area contributed by atoms with Crippen molar-refractivity contribution in [1.29, 1.82) is 0 Å². The number of piperidine rings is 1. The van der Waals surface area contributed by atoms with Gasteiger partial charge in [-0.05, 0) is 57.2 Å². The lowest BCUT2D eigenvalue weighted by molar-refractivity contribution is 0.0999. The average molecular weight is 226 g/mol. The summed E-state index contributed by atoms with van der Waals surface area (Å²) >= 11 is 0. The average Bonchev–Trinajstić information content (AvgIpc) is 3.11. The molecule has 0 atom stereocenters. The van der Waals surface area contributed by atoms with E-state index in [0.717, 1.165) is 18.4 Å². The van der Waals surface area contributed by atoms with Gasteiger partial charge in [-0.15, -0.1) is 0 Å². The fourth-order valence-electron chi connectivity index (χ4n) is 2.48. The molecule has 94 valence electrons. The SMILES string of the molecule is COCC1CCN(CCNCC2CC2)CC1. The van der Waals surface area contributed by atoms with E-state index in [1.807, 2.05) is 7.11 Å². The highest BCUT2D eigenvalue weighted by Crippen LogP contribution is 2.27. The first-order valence-corrected chi connectivity index (χ1v) is 6.80. The molecule has 3 nitrogen and oxygen atoms in total. The topological polar surface area (TPSA) is 24.5 Å². The molecule has 1 aliphatic heterocycles. The molecule has 16 heavy (non-hydrogen) atoms. The van der Waals surface area contributed by atoms with Gasteiger partial charge in [-0.1, -0.05) is 0 Å². The van der Waals surface area contributed by atoms with Gasteiger partial charge in [-0.25, -0.2) is 0 Å². The van der Waals surface area contributed by atoms with Crippen LogP contribution in [0.25, 0.3) is 0 Å². The van der Waals surface area contributed by atoms with E-state index in [2.05, 4.69) is 10.2 Å². The lowest BCUT2D eigenvalue weighted by Gasteiger charge is -2.31. The monoisotopic (exact) mass is 226 g/mol. The van der Waals surface area contributed by atoms with Crippen molar-refractivity contribution in [2.75, 3.05) is 46.4 Å². The molecule has 1 heterocycles. The zero-order valence-corrected chi connectivity index (χ0v) is 10.6. The van der Waals surface area contributed by atoms with E-state index in [4.69, 9.17) is 4.74 Å². The number of nitrogens with zero attached hydrogens (tertiary/aromatic N) is 1. The number of likely N-dealkylation sites (tertiary alicyclic amines) is 1. The van der Waals surface area contributed by atoms with Gasteiger partial charge in [0.05, 0.1) is 0 Å². The molecule has 0 aromatic rings. The van der Waals surface area contributed by atoms with E-state index in [-0.39, 0.29) is 0 Å². The van der Waals surface area contributed by atoms with Crippen molar-refractivity contribution in [3.05, 3.63) is 0 Å². The second-order valence-corrected chi connectivity index (χ2v) is 5.39. The first-order chi connectivity index (χ1) is 7.88. The molecule has 2 fully saturated rings. The summed E-state index contributed by atoms with van der Waals surface area (Å²) < 4.78 is 5.22. The first kappa shape index (κ1) is 12.3. The number of rotatable bonds is 7. The summed E-state index contributed by atoms with van der Waals surface area (Å²) in [6, 6.07) is 0. The molecule has 1 saturated carbocycles. The van der Waals surface area contributed by atoms with E-state index >= 15 is 0 Å². The third kappa shape index (κ3) is 4.40. The van der Waals surface area contributed by atoms with Crippen LogP contribution in [0.15, 0.2) is 0 Å². The van der Waals surface area contributed by atoms with Crippen molar-refractivity contribution in [3.63, 3.8) is 0 Å². The fourth-order valence-corrected chi connectivity index (χ4v) is 2.48. The van der Waals surface area contributed by atoms with E-state index in [1.165, 1.54) is 58.4 Å². The molecule has 0 amide bonds. The van der Waals surface area contributed by atoms with E-state index < -0.39 is 0 Å². The second kappa shape index (κ2) is 6.58. The molecule has 1 aliphatic carbocycles. The quantitative estimate of drug-likeness (QED) is 0.663. The summed E-state index contributed by atoms with van der Waals surface area (Å²) in [4.78, 5) is 2.59. The molecule has 0 spiro atoms. The smallest absolute Gasteiger partial charge is 0.0491 e. The molecule has 0 bridgehead atoms. The minimum absolute atomic E-state index is 0.806. The summed E-state index contributed by atoms with van der Waals surface area (Å²) in [6.07, 6.45) is 5.54. The van der Waals surface area contributed by atoms with Gasteiger partial charge in [-0.3, -0.25) is 0 Å². The molecule has 2 aliphatic rings. The first-order valence-electron chi connectivity index (χ1n) is 6.80. The molecular formula is C13H26N2O. The third-order valence-electron chi connectivity index (χ3n) is 3.84. The maximum Gasteiger partial charge on any atom is 0.0491 e. The van der Waals surface area contributed by atoms with E-state index in [1.54, 1.807) is 0 Å². The summed E-state index contributed by atoms with van der Waals surface area (Å²) in [5, 5.41) is 3.56. The van der Waals surface area contributed by atoms with Gasteiger partial charge in [0.2, 0.25) is 0 Å². The normalized spacial score (nSPS) is 23.8. The highest BCUT2D eigenvalue weighted by molar-refractivity contribution is 4.76. The van der Waals surface area contributed by atoms with Gasteiger partial charge >= 0.3 is 0 Å². The molecule has 0 radical (unpaired) electrons. The van der Waals surface area contributed by atoms with Crippen molar-refractivity contribution >= 4 is 0 Å². The third-order valence-corrected chi connectivity index (χ3v) is 3.84. The molecular weight excluding hydrogens is 200 g/mol. The fraction of sp³-hybridized carbons (Fsp3) is 1.00. The van der Waals surface area contributed by atoms with E-state index in [9.17, 15) is 0 Å². The van der Waals surface area contributed by atoms with Crippen LogP contribution in [0.3, 0.4) is 0 Å². The minimum atomic E-state index is 0.806. The Bertz CT molecular complexity index is 186. The Morgan fingerprint density at radius 1 is 1.12 bits per heavy atom. The summed E-state index contributed by atoms with van der Waals surface area (Å²) in [5.41, 5.74) is 0. The van der Waals surface area contributed by atoms with Crippen LogP contribution >= 0.6 is 0 Å².